The van der Waals surface area contributed by atoms with Gasteiger partial charge in [-0.3, -0.25) is 10.1 Å². The average molecular weight is 228 g/mol. The van der Waals surface area contributed by atoms with Crippen LogP contribution in [0.2, 0.25) is 0 Å². The third kappa shape index (κ3) is 2.52. The lowest BCUT2D eigenvalue weighted by Gasteiger charge is -2.21. The van der Waals surface area contributed by atoms with Gasteiger partial charge in [-0.1, -0.05) is 30.4 Å². The molecule has 0 saturated heterocycles. The first kappa shape index (κ1) is 10.9. The van der Waals surface area contributed by atoms with Crippen LogP contribution in [0.15, 0.2) is 65.1 Å². The SMILES string of the molecule is NC(=NN1C=CC=C2C=CC=CC=C21)NC=O. The monoisotopic (exact) mass is 228 g/mol. The molecule has 1 aliphatic heterocycles. The predicted octanol–water partition coefficient (Wildman–Crippen LogP) is 0.728. The summed E-state index contributed by atoms with van der Waals surface area (Å²) >= 11 is 0. The molecule has 0 radical (unpaired) electrons. The molecule has 3 N–H and O–H groups in total. The van der Waals surface area contributed by atoms with Gasteiger partial charge >= 0.3 is 0 Å². The Hall–Kier alpha value is -2.56. The molecule has 86 valence electrons. The number of hydrogen-bond donors (Lipinski definition) is 2. The fourth-order valence-corrected chi connectivity index (χ4v) is 1.50. The van der Waals surface area contributed by atoms with E-state index in [4.69, 9.17) is 5.73 Å². The molecule has 5 nitrogen and oxygen atoms in total. The van der Waals surface area contributed by atoms with E-state index >= 15 is 0 Å². The van der Waals surface area contributed by atoms with Gasteiger partial charge in [-0.25, -0.2) is 5.01 Å². The van der Waals surface area contributed by atoms with Crippen molar-refractivity contribution in [1.82, 2.24) is 10.3 Å². The number of allylic oxidation sites excluding steroid dienone is 7. The minimum atomic E-state index is 0.0454. The number of nitrogens with zero attached hydrogens (tertiary/aromatic N) is 2. The van der Waals surface area contributed by atoms with Gasteiger partial charge in [0, 0.05) is 11.8 Å². The first-order chi connectivity index (χ1) is 8.31. The van der Waals surface area contributed by atoms with E-state index in [1.165, 1.54) is 0 Å². The third-order valence-electron chi connectivity index (χ3n) is 2.22. The van der Waals surface area contributed by atoms with Gasteiger partial charge in [0.2, 0.25) is 12.4 Å². The lowest BCUT2D eigenvalue weighted by Crippen LogP contribution is -2.33. The Morgan fingerprint density at radius 1 is 1.29 bits per heavy atom. The highest BCUT2D eigenvalue weighted by Gasteiger charge is 2.13. The number of rotatable bonds is 2. The molecule has 0 spiro atoms. The highest BCUT2D eigenvalue weighted by Crippen LogP contribution is 2.23. The number of amides is 1. The minimum Gasteiger partial charge on any atom is -0.368 e. The van der Waals surface area contributed by atoms with E-state index in [1.54, 1.807) is 11.2 Å². The van der Waals surface area contributed by atoms with Gasteiger partial charge in [-0.2, -0.15) is 0 Å². The van der Waals surface area contributed by atoms with Crippen LogP contribution in [0.5, 0.6) is 0 Å². The van der Waals surface area contributed by atoms with Crippen molar-refractivity contribution in [2.75, 3.05) is 0 Å². The van der Waals surface area contributed by atoms with Gasteiger partial charge < -0.3 is 5.73 Å². The van der Waals surface area contributed by atoms with Crippen molar-refractivity contribution in [3.8, 4) is 0 Å². The summed E-state index contributed by atoms with van der Waals surface area (Å²) in [5.74, 6) is 0.0454. The summed E-state index contributed by atoms with van der Waals surface area (Å²) in [5.41, 5.74) is 7.45. The number of fused-ring (bicyclic) bond motifs is 1. The number of carbonyl (C=O) groups is 1. The molecule has 1 heterocycles. The molecule has 5 heteroatoms. The molecular formula is C12H12N4O. The number of nitrogens with one attached hydrogen (secondary N) is 1. The van der Waals surface area contributed by atoms with Crippen LogP contribution in [0.25, 0.3) is 0 Å². The molecule has 17 heavy (non-hydrogen) atoms. The second kappa shape index (κ2) is 4.98. The Bertz CT molecular complexity index is 495. The Morgan fingerprint density at radius 3 is 3.00 bits per heavy atom. The Kier molecular flexibility index (Phi) is 3.20. The van der Waals surface area contributed by atoms with Crippen LogP contribution in [0.3, 0.4) is 0 Å². The van der Waals surface area contributed by atoms with Crippen LogP contribution >= 0.6 is 0 Å². The zero-order chi connectivity index (χ0) is 12.1. The average Bonchev–Trinajstić information content (AvgIpc) is 2.55. The molecule has 2 aliphatic rings. The summed E-state index contributed by atoms with van der Waals surface area (Å²) in [4.78, 5) is 10.2. The molecule has 0 aromatic heterocycles. The maximum atomic E-state index is 10.2. The van der Waals surface area contributed by atoms with Crippen molar-refractivity contribution in [2.24, 2.45) is 10.8 Å². The number of guanidine groups is 1. The molecule has 0 saturated carbocycles. The first-order valence-corrected chi connectivity index (χ1v) is 5.08. The number of carbonyl (C=O) groups excluding carboxylic acids is 1. The standard InChI is InChI=1S/C12H12N4O/c13-12(14-9-17)15-16-8-4-6-10-5-2-1-3-7-11(10)16/h1-9H,(H3,13,14,15,17). The summed E-state index contributed by atoms with van der Waals surface area (Å²) in [6.07, 6.45) is 15.8. The summed E-state index contributed by atoms with van der Waals surface area (Å²) < 4.78 is 0. The van der Waals surface area contributed by atoms with Gasteiger partial charge in [-0.15, -0.1) is 5.10 Å². The van der Waals surface area contributed by atoms with E-state index in [9.17, 15) is 4.79 Å². The van der Waals surface area contributed by atoms with Crippen LogP contribution in [-0.2, 0) is 4.79 Å². The van der Waals surface area contributed by atoms with E-state index in [1.807, 2.05) is 42.5 Å². The quantitative estimate of drug-likeness (QED) is 0.416. The normalized spacial score (nSPS) is 18.1. The smallest absolute Gasteiger partial charge is 0.218 e. The van der Waals surface area contributed by atoms with Crippen LogP contribution in [-0.4, -0.2) is 17.4 Å². The summed E-state index contributed by atoms with van der Waals surface area (Å²) in [5, 5.41) is 7.98. The number of hydrazone groups is 1. The predicted molar refractivity (Wildman–Crippen MR) is 66.2 cm³/mol. The zero-order valence-corrected chi connectivity index (χ0v) is 9.08. The second-order valence-corrected chi connectivity index (χ2v) is 3.35. The van der Waals surface area contributed by atoms with Crippen molar-refractivity contribution in [3.63, 3.8) is 0 Å². The molecule has 2 rings (SSSR count). The lowest BCUT2D eigenvalue weighted by molar-refractivity contribution is -0.108. The highest BCUT2D eigenvalue weighted by atomic mass is 16.1. The van der Waals surface area contributed by atoms with Gasteiger partial charge in [0.1, 0.15) is 0 Å². The number of nitrogens with two attached hydrogens (primary N) is 1. The maximum Gasteiger partial charge on any atom is 0.218 e. The first-order valence-electron chi connectivity index (χ1n) is 5.08. The third-order valence-corrected chi connectivity index (χ3v) is 2.22. The van der Waals surface area contributed by atoms with Gasteiger partial charge in [0.25, 0.3) is 0 Å². The van der Waals surface area contributed by atoms with Crippen molar-refractivity contribution < 1.29 is 4.79 Å². The van der Waals surface area contributed by atoms with Gasteiger partial charge in [-0.05, 0) is 12.2 Å². The second-order valence-electron chi connectivity index (χ2n) is 3.35. The number of hydrogen-bond acceptors (Lipinski definition) is 3. The fourth-order valence-electron chi connectivity index (χ4n) is 1.50. The summed E-state index contributed by atoms with van der Waals surface area (Å²) in [6, 6.07) is 0. The molecule has 1 aliphatic carbocycles. The van der Waals surface area contributed by atoms with E-state index in [0.717, 1.165) is 11.3 Å². The van der Waals surface area contributed by atoms with Gasteiger partial charge in [0.15, 0.2) is 0 Å². The van der Waals surface area contributed by atoms with Crippen molar-refractivity contribution in [2.45, 2.75) is 0 Å². The largest absolute Gasteiger partial charge is 0.368 e. The Labute approximate surface area is 99.0 Å². The maximum absolute atomic E-state index is 10.2. The Morgan fingerprint density at radius 2 is 2.18 bits per heavy atom. The fraction of sp³-hybridized carbons (Fsp3) is 0. The van der Waals surface area contributed by atoms with Crippen LogP contribution < -0.4 is 11.1 Å². The highest BCUT2D eigenvalue weighted by molar-refractivity contribution is 5.87. The van der Waals surface area contributed by atoms with Crippen molar-refractivity contribution in [3.05, 3.63) is 60.0 Å². The molecule has 0 bridgehead atoms. The topological polar surface area (TPSA) is 70.7 Å². The molecule has 0 unspecified atom stereocenters. The minimum absolute atomic E-state index is 0.0454. The van der Waals surface area contributed by atoms with E-state index < -0.39 is 0 Å². The molecule has 0 atom stereocenters. The summed E-state index contributed by atoms with van der Waals surface area (Å²) in [6.45, 7) is 0. The van der Waals surface area contributed by atoms with Crippen molar-refractivity contribution in [1.29, 1.82) is 0 Å². The van der Waals surface area contributed by atoms with E-state index in [0.29, 0.717) is 6.41 Å². The molecule has 1 amide bonds. The van der Waals surface area contributed by atoms with Crippen molar-refractivity contribution >= 4 is 12.4 Å². The summed E-state index contributed by atoms with van der Waals surface area (Å²) in [7, 11) is 0. The lowest BCUT2D eigenvalue weighted by atomic mass is 10.1. The molecule has 0 aromatic carbocycles. The van der Waals surface area contributed by atoms with E-state index in [2.05, 4.69) is 10.4 Å². The molecular weight excluding hydrogens is 216 g/mol. The van der Waals surface area contributed by atoms with E-state index in [-0.39, 0.29) is 5.96 Å². The zero-order valence-electron chi connectivity index (χ0n) is 9.08. The van der Waals surface area contributed by atoms with Crippen LogP contribution in [0, 0.1) is 0 Å². The van der Waals surface area contributed by atoms with Crippen LogP contribution in [0.1, 0.15) is 0 Å². The van der Waals surface area contributed by atoms with Gasteiger partial charge in [0.05, 0.1) is 5.70 Å². The van der Waals surface area contributed by atoms with Crippen LogP contribution in [0.4, 0.5) is 0 Å². The Balaban J connectivity index is 2.28. The molecule has 0 fully saturated rings. The molecule has 0 aromatic rings.